The smallest absolute Gasteiger partial charge is 0.274 e. The molecular formula is C22H23N3O2. The molecule has 0 spiro atoms. The van der Waals surface area contributed by atoms with Crippen molar-refractivity contribution in [2.75, 3.05) is 17.2 Å². The highest BCUT2D eigenvalue weighted by atomic mass is 16.5. The summed E-state index contributed by atoms with van der Waals surface area (Å²) in [5.74, 6) is 0.523. The lowest BCUT2D eigenvalue weighted by Gasteiger charge is -2.10. The third kappa shape index (κ3) is 5.07. The van der Waals surface area contributed by atoms with Crippen molar-refractivity contribution in [3.8, 4) is 5.75 Å². The van der Waals surface area contributed by atoms with Crippen molar-refractivity contribution in [2.24, 2.45) is 0 Å². The van der Waals surface area contributed by atoms with Crippen LogP contribution in [0.5, 0.6) is 5.75 Å². The van der Waals surface area contributed by atoms with Gasteiger partial charge in [-0.05, 0) is 61.4 Å². The van der Waals surface area contributed by atoms with E-state index in [1.807, 2.05) is 49.4 Å². The Labute approximate surface area is 159 Å². The average Bonchev–Trinajstić information content (AvgIpc) is 2.69. The Morgan fingerprint density at radius 2 is 1.81 bits per heavy atom. The van der Waals surface area contributed by atoms with Crippen molar-refractivity contribution in [3.63, 3.8) is 0 Å². The van der Waals surface area contributed by atoms with E-state index < -0.39 is 0 Å². The molecule has 0 aliphatic carbocycles. The fourth-order valence-electron chi connectivity index (χ4n) is 2.67. The Kier molecular flexibility index (Phi) is 6.05. The normalized spacial score (nSPS) is 10.3. The molecule has 27 heavy (non-hydrogen) atoms. The predicted octanol–water partition coefficient (Wildman–Crippen LogP) is 4.65. The Morgan fingerprint density at radius 3 is 2.56 bits per heavy atom. The van der Waals surface area contributed by atoms with Crippen molar-refractivity contribution in [1.29, 1.82) is 0 Å². The second-order valence-electron chi connectivity index (χ2n) is 6.12. The van der Waals surface area contributed by atoms with E-state index in [1.165, 1.54) is 11.1 Å². The van der Waals surface area contributed by atoms with Gasteiger partial charge in [-0.2, -0.15) is 0 Å². The lowest BCUT2D eigenvalue weighted by molar-refractivity contribution is 0.102. The van der Waals surface area contributed by atoms with Crippen molar-refractivity contribution >= 4 is 17.3 Å². The maximum atomic E-state index is 12.5. The molecule has 0 radical (unpaired) electrons. The number of aromatic nitrogens is 1. The fraction of sp³-hybridized carbons (Fsp3) is 0.182. The number of ether oxygens (including phenoxy) is 1. The van der Waals surface area contributed by atoms with Crippen LogP contribution in [0.4, 0.5) is 11.4 Å². The summed E-state index contributed by atoms with van der Waals surface area (Å²) in [4.78, 5) is 16.7. The minimum atomic E-state index is -0.251. The summed E-state index contributed by atoms with van der Waals surface area (Å²) in [6, 6.07) is 19.1. The number of pyridine rings is 1. The van der Waals surface area contributed by atoms with Crippen molar-refractivity contribution < 1.29 is 9.53 Å². The second kappa shape index (κ2) is 8.85. The van der Waals surface area contributed by atoms with Crippen LogP contribution in [0.25, 0.3) is 0 Å². The average molecular weight is 361 g/mol. The van der Waals surface area contributed by atoms with Crippen molar-refractivity contribution in [1.82, 2.24) is 4.98 Å². The van der Waals surface area contributed by atoms with E-state index in [0.717, 1.165) is 11.4 Å². The van der Waals surface area contributed by atoms with Gasteiger partial charge in [0.2, 0.25) is 0 Å². The summed E-state index contributed by atoms with van der Waals surface area (Å²) in [6.45, 7) is 5.31. The molecule has 0 saturated carbocycles. The quantitative estimate of drug-likeness (QED) is 0.643. The molecule has 2 N–H and O–H groups in total. The molecule has 0 aliphatic rings. The molecule has 0 aliphatic heterocycles. The summed E-state index contributed by atoms with van der Waals surface area (Å²) in [5.41, 5.74) is 4.36. The number of nitrogens with one attached hydrogen (secondary N) is 2. The van der Waals surface area contributed by atoms with Gasteiger partial charge in [0.1, 0.15) is 11.4 Å². The Bertz CT molecular complexity index is 907. The summed E-state index contributed by atoms with van der Waals surface area (Å²) in [5, 5.41) is 6.20. The largest absolute Gasteiger partial charge is 0.494 e. The molecule has 0 atom stereocenters. The minimum Gasteiger partial charge on any atom is -0.494 e. The van der Waals surface area contributed by atoms with E-state index in [9.17, 15) is 4.79 Å². The number of rotatable bonds is 7. The first-order valence-corrected chi connectivity index (χ1v) is 8.94. The monoisotopic (exact) mass is 361 g/mol. The highest BCUT2D eigenvalue weighted by Gasteiger charge is 2.09. The van der Waals surface area contributed by atoms with Gasteiger partial charge in [0, 0.05) is 24.1 Å². The zero-order valence-corrected chi connectivity index (χ0v) is 15.5. The number of carbonyl (C=O) groups is 1. The molecule has 0 saturated heterocycles. The molecule has 2 aromatic carbocycles. The summed E-state index contributed by atoms with van der Waals surface area (Å²) in [6.07, 6.45) is 1.63. The van der Waals surface area contributed by atoms with Gasteiger partial charge in [0.05, 0.1) is 6.61 Å². The van der Waals surface area contributed by atoms with Gasteiger partial charge < -0.3 is 15.4 Å². The van der Waals surface area contributed by atoms with Crippen LogP contribution >= 0.6 is 0 Å². The van der Waals surface area contributed by atoms with E-state index in [0.29, 0.717) is 24.5 Å². The van der Waals surface area contributed by atoms with Gasteiger partial charge >= 0.3 is 0 Å². The Hall–Kier alpha value is -3.34. The maximum Gasteiger partial charge on any atom is 0.274 e. The summed E-state index contributed by atoms with van der Waals surface area (Å²) in [7, 11) is 0. The first-order chi connectivity index (χ1) is 13.2. The third-order valence-corrected chi connectivity index (χ3v) is 4.16. The van der Waals surface area contributed by atoms with Gasteiger partial charge in [0.25, 0.3) is 5.91 Å². The lowest BCUT2D eigenvalue weighted by atomic mass is 10.1. The number of carbonyl (C=O) groups excluding carboxylic acids is 1. The minimum absolute atomic E-state index is 0.251. The molecule has 3 aromatic rings. The van der Waals surface area contributed by atoms with Crippen LogP contribution in [0, 0.1) is 6.92 Å². The fourth-order valence-corrected chi connectivity index (χ4v) is 2.67. The molecule has 0 bridgehead atoms. The van der Waals surface area contributed by atoms with Crippen LogP contribution < -0.4 is 15.4 Å². The van der Waals surface area contributed by atoms with Crippen LogP contribution in [-0.4, -0.2) is 17.5 Å². The second-order valence-corrected chi connectivity index (χ2v) is 6.12. The van der Waals surface area contributed by atoms with Crippen molar-refractivity contribution in [3.05, 3.63) is 83.7 Å². The third-order valence-electron chi connectivity index (χ3n) is 4.16. The Balaban J connectivity index is 1.63. The lowest BCUT2D eigenvalue weighted by Crippen LogP contribution is -2.14. The number of hydrogen-bond donors (Lipinski definition) is 2. The molecule has 138 valence electrons. The van der Waals surface area contributed by atoms with Crippen LogP contribution in [-0.2, 0) is 6.54 Å². The zero-order valence-electron chi connectivity index (χ0n) is 15.5. The zero-order chi connectivity index (χ0) is 19.1. The number of nitrogens with zero attached hydrogens (tertiary/aromatic N) is 1. The molecule has 0 fully saturated rings. The molecule has 5 heteroatoms. The topological polar surface area (TPSA) is 63.2 Å². The first kappa shape index (κ1) is 18.5. The molecule has 1 amide bonds. The van der Waals surface area contributed by atoms with Crippen molar-refractivity contribution in [2.45, 2.75) is 20.4 Å². The molecule has 0 unspecified atom stereocenters. The number of hydrogen-bond acceptors (Lipinski definition) is 4. The Morgan fingerprint density at radius 1 is 1.04 bits per heavy atom. The van der Waals surface area contributed by atoms with Gasteiger partial charge in [0.15, 0.2) is 0 Å². The number of benzene rings is 2. The van der Waals surface area contributed by atoms with Crippen LogP contribution in [0.2, 0.25) is 0 Å². The van der Waals surface area contributed by atoms with Gasteiger partial charge in [-0.15, -0.1) is 0 Å². The van der Waals surface area contributed by atoms with Gasteiger partial charge in [-0.1, -0.05) is 24.3 Å². The molecule has 1 heterocycles. The van der Waals surface area contributed by atoms with E-state index >= 15 is 0 Å². The standard InChI is InChI=1S/C22H23N3O2/c1-3-27-20-10-8-18(9-11-20)25-22(26)21-14-19(12-13-23-21)24-15-17-7-5-4-6-16(17)2/h4-14H,3,15H2,1-2H3,(H,23,24)(H,25,26). The van der Waals surface area contributed by atoms with Crippen LogP contribution in [0.1, 0.15) is 28.5 Å². The first-order valence-electron chi connectivity index (χ1n) is 8.94. The van der Waals surface area contributed by atoms with Crippen LogP contribution in [0.15, 0.2) is 66.9 Å². The SMILES string of the molecule is CCOc1ccc(NC(=O)c2cc(NCc3ccccc3C)ccn2)cc1. The number of anilines is 2. The molecular weight excluding hydrogens is 338 g/mol. The maximum absolute atomic E-state index is 12.5. The number of aryl methyl sites for hydroxylation is 1. The van der Waals surface area contributed by atoms with Gasteiger partial charge in [-0.3, -0.25) is 9.78 Å². The van der Waals surface area contributed by atoms with Gasteiger partial charge in [-0.25, -0.2) is 0 Å². The molecule has 3 rings (SSSR count). The highest BCUT2D eigenvalue weighted by molar-refractivity contribution is 6.03. The van der Waals surface area contributed by atoms with Crippen LogP contribution in [0.3, 0.4) is 0 Å². The predicted molar refractivity (Wildman–Crippen MR) is 108 cm³/mol. The summed E-state index contributed by atoms with van der Waals surface area (Å²) < 4.78 is 5.40. The number of amides is 1. The van der Waals surface area contributed by atoms with E-state index in [1.54, 1.807) is 12.3 Å². The highest BCUT2D eigenvalue weighted by Crippen LogP contribution is 2.17. The summed E-state index contributed by atoms with van der Waals surface area (Å²) >= 11 is 0. The van der Waals surface area contributed by atoms with E-state index in [-0.39, 0.29) is 5.91 Å². The van der Waals surface area contributed by atoms with E-state index in [2.05, 4.69) is 34.7 Å². The van der Waals surface area contributed by atoms with E-state index in [4.69, 9.17) is 4.74 Å². The molecule has 1 aromatic heterocycles. The molecule has 5 nitrogen and oxygen atoms in total.